The van der Waals surface area contributed by atoms with Crippen LogP contribution in [0.5, 0.6) is 0 Å². The van der Waals surface area contributed by atoms with Crippen molar-refractivity contribution in [3.63, 3.8) is 0 Å². The van der Waals surface area contributed by atoms with Crippen LogP contribution in [-0.4, -0.2) is 35.6 Å². The Hall–Kier alpha value is -0.570. The van der Waals surface area contributed by atoms with Crippen LogP contribution in [0.2, 0.25) is 0 Å². The fraction of sp³-hybridized carbons (Fsp3) is 0.933. The maximum Gasteiger partial charge on any atom is 0.309 e. The minimum atomic E-state index is -0.578. The number of rotatable bonds is 7. The molecule has 1 fully saturated rings. The first-order valence-corrected chi connectivity index (χ1v) is 7.46. The van der Waals surface area contributed by atoms with Crippen LogP contribution in [0.25, 0.3) is 0 Å². The SMILES string of the molecule is CCCC1(C(=O)O)CCN(CCCC(C)C)CC1. The summed E-state index contributed by atoms with van der Waals surface area (Å²) in [5.41, 5.74) is -0.427. The van der Waals surface area contributed by atoms with Crippen LogP contribution in [0.4, 0.5) is 0 Å². The van der Waals surface area contributed by atoms with Gasteiger partial charge >= 0.3 is 5.97 Å². The molecule has 18 heavy (non-hydrogen) atoms. The molecule has 1 saturated heterocycles. The number of nitrogens with zero attached hydrogens (tertiary/aromatic N) is 1. The number of piperidine rings is 1. The lowest BCUT2D eigenvalue weighted by Crippen LogP contribution is -2.44. The monoisotopic (exact) mass is 255 g/mol. The number of carbonyl (C=O) groups is 1. The van der Waals surface area contributed by atoms with E-state index in [0.29, 0.717) is 0 Å². The van der Waals surface area contributed by atoms with Crippen molar-refractivity contribution < 1.29 is 9.90 Å². The second-order valence-corrected chi connectivity index (χ2v) is 6.21. The summed E-state index contributed by atoms with van der Waals surface area (Å²) in [4.78, 5) is 13.9. The zero-order valence-corrected chi connectivity index (χ0v) is 12.2. The molecule has 0 bridgehead atoms. The van der Waals surface area contributed by atoms with Crippen LogP contribution in [-0.2, 0) is 4.79 Å². The van der Waals surface area contributed by atoms with Gasteiger partial charge in [0.25, 0.3) is 0 Å². The van der Waals surface area contributed by atoms with Gasteiger partial charge in [0.15, 0.2) is 0 Å². The number of carboxylic acid groups (broad SMARTS) is 1. The van der Waals surface area contributed by atoms with Crippen molar-refractivity contribution >= 4 is 5.97 Å². The van der Waals surface area contributed by atoms with E-state index in [-0.39, 0.29) is 0 Å². The first-order valence-electron chi connectivity index (χ1n) is 7.46. The van der Waals surface area contributed by atoms with Crippen LogP contribution in [0.1, 0.15) is 59.3 Å². The lowest BCUT2D eigenvalue weighted by Gasteiger charge is -2.39. The van der Waals surface area contributed by atoms with Crippen molar-refractivity contribution in [2.24, 2.45) is 11.3 Å². The van der Waals surface area contributed by atoms with Gasteiger partial charge in [-0.3, -0.25) is 4.79 Å². The number of likely N-dealkylation sites (tertiary alicyclic amines) is 1. The van der Waals surface area contributed by atoms with E-state index in [1.807, 2.05) is 0 Å². The molecule has 0 saturated carbocycles. The molecule has 0 aromatic rings. The van der Waals surface area contributed by atoms with E-state index in [2.05, 4.69) is 25.7 Å². The van der Waals surface area contributed by atoms with Gasteiger partial charge in [-0.25, -0.2) is 0 Å². The third-order valence-corrected chi connectivity index (χ3v) is 4.25. The molecule has 0 atom stereocenters. The van der Waals surface area contributed by atoms with Crippen LogP contribution in [0.15, 0.2) is 0 Å². The fourth-order valence-corrected chi connectivity index (χ4v) is 2.98. The third kappa shape index (κ3) is 4.27. The third-order valence-electron chi connectivity index (χ3n) is 4.25. The van der Waals surface area contributed by atoms with E-state index in [0.717, 1.165) is 51.2 Å². The zero-order chi connectivity index (χ0) is 13.6. The van der Waals surface area contributed by atoms with Crippen LogP contribution in [0.3, 0.4) is 0 Å². The van der Waals surface area contributed by atoms with Crippen LogP contribution >= 0.6 is 0 Å². The van der Waals surface area contributed by atoms with E-state index in [1.54, 1.807) is 0 Å². The number of hydrogen-bond acceptors (Lipinski definition) is 2. The van der Waals surface area contributed by atoms with Crippen molar-refractivity contribution in [3.8, 4) is 0 Å². The van der Waals surface area contributed by atoms with Crippen LogP contribution in [0, 0.1) is 11.3 Å². The predicted molar refractivity (Wildman–Crippen MR) is 74.7 cm³/mol. The number of aliphatic carboxylic acids is 1. The summed E-state index contributed by atoms with van der Waals surface area (Å²) in [7, 11) is 0. The lowest BCUT2D eigenvalue weighted by atomic mass is 9.75. The van der Waals surface area contributed by atoms with Crippen molar-refractivity contribution in [2.45, 2.75) is 59.3 Å². The Morgan fingerprint density at radius 3 is 2.39 bits per heavy atom. The summed E-state index contributed by atoms with van der Waals surface area (Å²) in [5, 5.41) is 9.44. The van der Waals surface area contributed by atoms with E-state index >= 15 is 0 Å². The normalized spacial score (nSPS) is 20.2. The van der Waals surface area contributed by atoms with Crippen molar-refractivity contribution in [2.75, 3.05) is 19.6 Å². The second-order valence-electron chi connectivity index (χ2n) is 6.21. The van der Waals surface area contributed by atoms with Gasteiger partial charge in [-0.15, -0.1) is 0 Å². The largest absolute Gasteiger partial charge is 0.481 e. The summed E-state index contributed by atoms with van der Waals surface area (Å²) in [6, 6.07) is 0. The molecule has 0 aromatic carbocycles. The van der Waals surface area contributed by atoms with Gasteiger partial charge in [-0.05, 0) is 57.7 Å². The van der Waals surface area contributed by atoms with E-state index in [9.17, 15) is 9.90 Å². The Labute approximate surface area is 112 Å². The summed E-state index contributed by atoms with van der Waals surface area (Å²) in [5.74, 6) is 0.194. The highest BCUT2D eigenvalue weighted by Crippen LogP contribution is 2.36. The second kappa shape index (κ2) is 7.13. The summed E-state index contributed by atoms with van der Waals surface area (Å²) < 4.78 is 0. The molecule has 1 rings (SSSR count). The summed E-state index contributed by atoms with van der Waals surface area (Å²) >= 11 is 0. The van der Waals surface area contributed by atoms with Gasteiger partial charge in [-0.2, -0.15) is 0 Å². The Bertz CT molecular complexity index is 255. The van der Waals surface area contributed by atoms with Gasteiger partial charge in [0.1, 0.15) is 0 Å². The van der Waals surface area contributed by atoms with Gasteiger partial charge in [0, 0.05) is 0 Å². The highest BCUT2D eigenvalue weighted by atomic mass is 16.4. The van der Waals surface area contributed by atoms with Crippen molar-refractivity contribution in [1.82, 2.24) is 4.90 Å². The fourth-order valence-electron chi connectivity index (χ4n) is 2.98. The minimum Gasteiger partial charge on any atom is -0.481 e. The Morgan fingerprint density at radius 1 is 1.33 bits per heavy atom. The first kappa shape index (κ1) is 15.5. The molecule has 0 unspecified atom stereocenters. The van der Waals surface area contributed by atoms with Crippen LogP contribution < -0.4 is 0 Å². The number of carboxylic acids is 1. The summed E-state index contributed by atoms with van der Waals surface area (Å²) in [6.45, 7) is 9.66. The molecule has 1 aliphatic rings. The molecule has 0 radical (unpaired) electrons. The highest BCUT2D eigenvalue weighted by molar-refractivity contribution is 5.74. The molecule has 3 nitrogen and oxygen atoms in total. The molecule has 3 heteroatoms. The molecule has 1 heterocycles. The zero-order valence-electron chi connectivity index (χ0n) is 12.2. The molecule has 0 amide bonds. The average Bonchev–Trinajstić information content (AvgIpc) is 2.31. The van der Waals surface area contributed by atoms with E-state index in [4.69, 9.17) is 0 Å². The molecule has 106 valence electrons. The highest BCUT2D eigenvalue weighted by Gasteiger charge is 2.40. The topological polar surface area (TPSA) is 40.5 Å². The summed E-state index contributed by atoms with van der Waals surface area (Å²) in [6.07, 6.45) is 5.98. The average molecular weight is 255 g/mol. The number of hydrogen-bond donors (Lipinski definition) is 1. The smallest absolute Gasteiger partial charge is 0.309 e. The van der Waals surface area contributed by atoms with Crippen molar-refractivity contribution in [1.29, 1.82) is 0 Å². The van der Waals surface area contributed by atoms with Crippen molar-refractivity contribution in [3.05, 3.63) is 0 Å². The maximum atomic E-state index is 11.5. The molecule has 1 N–H and O–H groups in total. The van der Waals surface area contributed by atoms with E-state index in [1.165, 1.54) is 12.8 Å². The molecule has 0 aliphatic carbocycles. The molecule has 1 aliphatic heterocycles. The molecular formula is C15H29NO2. The Morgan fingerprint density at radius 2 is 1.94 bits per heavy atom. The van der Waals surface area contributed by atoms with Gasteiger partial charge in [-0.1, -0.05) is 27.2 Å². The molecule has 0 aromatic heterocycles. The Balaban J connectivity index is 2.36. The maximum absolute atomic E-state index is 11.5. The molecular weight excluding hydrogens is 226 g/mol. The van der Waals surface area contributed by atoms with Gasteiger partial charge in [0.2, 0.25) is 0 Å². The Kier molecular flexibility index (Phi) is 6.13. The predicted octanol–water partition coefficient (Wildman–Crippen LogP) is 3.39. The lowest BCUT2D eigenvalue weighted by molar-refractivity contribution is -0.152. The van der Waals surface area contributed by atoms with Gasteiger partial charge < -0.3 is 10.0 Å². The van der Waals surface area contributed by atoms with E-state index < -0.39 is 11.4 Å². The minimum absolute atomic E-state index is 0.427. The molecule has 0 spiro atoms. The standard InChI is InChI=1S/C15H29NO2/c1-4-7-15(14(17)18)8-11-16(12-9-15)10-5-6-13(2)3/h13H,4-12H2,1-3H3,(H,17,18). The quantitative estimate of drug-likeness (QED) is 0.758. The first-order chi connectivity index (χ1) is 8.50. The van der Waals surface area contributed by atoms with Gasteiger partial charge in [0.05, 0.1) is 5.41 Å².